The molecule has 0 fully saturated rings. The minimum atomic E-state index is -1.72. The van der Waals surface area contributed by atoms with Crippen molar-refractivity contribution < 1.29 is 68.4 Å². The Labute approximate surface area is 484 Å². The quantitative estimate of drug-likeness (QED) is 0.0224. The second kappa shape index (κ2) is 39.7. The minimum Gasteiger partial charge on any atom is -0.508 e. The first-order chi connectivity index (χ1) is 38.7. The van der Waals surface area contributed by atoms with Gasteiger partial charge in [0.25, 0.3) is 0 Å². The molecule has 1 rings (SSSR count). The number of aliphatic imine (C=N–C) groups is 2. The van der Waals surface area contributed by atoms with Gasteiger partial charge in [0.2, 0.25) is 29.5 Å². The largest absolute Gasteiger partial charge is 0.508 e. The van der Waals surface area contributed by atoms with E-state index in [1.807, 2.05) is 13.8 Å². The first kappa shape index (κ1) is 73.3. The molecule has 462 valence electrons. The molecule has 26 nitrogen and oxygen atoms in total. The monoisotopic (exact) mass is 1180 g/mol. The number of rotatable bonds is 45. The van der Waals surface area contributed by atoms with Crippen molar-refractivity contribution in [1.82, 2.24) is 21.3 Å². The smallest absolute Gasteiger partial charge is 0.304 e. The molecule has 1 aromatic carbocycles. The van der Waals surface area contributed by atoms with Crippen molar-refractivity contribution in [2.75, 3.05) is 38.2 Å². The number of carbonyl (C=O) groups excluding carboxylic acids is 9. The highest BCUT2D eigenvalue weighted by Crippen LogP contribution is 2.23. The van der Waals surface area contributed by atoms with Crippen LogP contribution in [0.4, 0.5) is 0 Å². The molecular formula is C55H92N12O14S. The Balaban J connectivity index is 3.56. The van der Waals surface area contributed by atoms with E-state index >= 15 is 0 Å². The average molecular weight is 1180 g/mol. The number of carboxylic acid groups (broad SMARTS) is 1. The maximum absolute atomic E-state index is 14.5. The number of phenolic OH excluding ortho intramolecular Hbond substituents is 1. The summed E-state index contributed by atoms with van der Waals surface area (Å²) < 4.78 is 0. The summed E-state index contributed by atoms with van der Waals surface area (Å²) in [5.41, 5.74) is 33.7. The van der Waals surface area contributed by atoms with Gasteiger partial charge in [-0.1, -0.05) is 32.9 Å². The number of primary amides is 1. The van der Waals surface area contributed by atoms with Gasteiger partial charge in [-0.15, -0.1) is 0 Å². The van der Waals surface area contributed by atoms with Gasteiger partial charge in [-0.2, -0.15) is 11.8 Å². The Hall–Kier alpha value is -6.71. The highest BCUT2D eigenvalue weighted by molar-refractivity contribution is 7.98. The number of unbranched alkanes of at least 4 members (excludes halogenated alkanes) is 1. The molecule has 0 unspecified atom stereocenters. The number of phenols is 1. The number of carboxylic acids is 1. The molecule has 10 atom stereocenters. The number of hydrogen-bond acceptors (Lipinski definition) is 17. The van der Waals surface area contributed by atoms with Crippen LogP contribution in [-0.4, -0.2) is 160 Å². The van der Waals surface area contributed by atoms with E-state index in [-0.39, 0.29) is 88.2 Å². The van der Waals surface area contributed by atoms with E-state index < -0.39 is 151 Å². The Morgan fingerprint density at radius 3 is 1.55 bits per heavy atom. The van der Waals surface area contributed by atoms with Crippen LogP contribution in [0.3, 0.4) is 0 Å². The maximum Gasteiger partial charge on any atom is 0.304 e. The van der Waals surface area contributed by atoms with Crippen LogP contribution >= 0.6 is 11.8 Å². The number of carbonyl (C=O) groups is 10. The number of amides is 5. The lowest BCUT2D eigenvalue weighted by atomic mass is 9.87. The number of ketones is 4. The standard InChI is InChI=1S/C55H92N12O14S/c1-6-34(11-9-20-62-54(58)59)50(78)66-42(30-68)45(73)25-35(18-22-82-5)51(79)67-48(32(4)69)46(74)28-38(29-47(75)76)53(81)64-40(12-7-8-19-56)44(72)27-37(24-33-14-16-39(70)17-15-33)52(80)65-41(13-10-21-63-55(60)61)43(71)26-36(49(57)77)23-31(2)3/h14-17,31-32,34-38,40-42,48,68-70H,6-13,18-30,56H2,1-5H3,(H2,57,77)(H,64,81)(H,65,80)(H,66,78)(H,67,79)(H,75,76)(H4,58,59,62)(H4,60,61,63)/t32-,34+,35-,36-,37-,38+,40+,41-,42+,48+/m1/s1. The number of aromatic hydroxyl groups is 1. The van der Waals surface area contributed by atoms with Crippen LogP contribution in [-0.2, 0) is 54.4 Å². The SMILES string of the molecule is CC[C@@H](CCCN=C(N)N)C(=O)N[C@@H](CO)C(=O)C[C@@H](CCSC)C(=O)N[C@H](C(=O)C[C@@H](CC(=O)O)C(=O)N[C@@H](CCCCN)C(=O)C[C@@H](Cc1ccc(O)cc1)C(=O)N[C@H](CCCN=C(N)N)C(=O)C[C@@H](CC(C)C)C(N)=O)[C@@H](C)O. The van der Waals surface area contributed by atoms with E-state index in [9.17, 15) is 68.4 Å². The molecular weight excluding hydrogens is 1080 g/mol. The molecule has 0 saturated carbocycles. The van der Waals surface area contributed by atoms with Crippen LogP contribution in [0.25, 0.3) is 0 Å². The van der Waals surface area contributed by atoms with Crippen LogP contribution in [0.15, 0.2) is 34.3 Å². The summed E-state index contributed by atoms with van der Waals surface area (Å²) in [6, 6.07) is 0.155. The van der Waals surface area contributed by atoms with Gasteiger partial charge < -0.3 is 76.1 Å². The Bertz CT molecular complexity index is 2300. The van der Waals surface area contributed by atoms with Gasteiger partial charge >= 0.3 is 5.97 Å². The lowest BCUT2D eigenvalue weighted by Crippen LogP contribution is -2.52. The summed E-state index contributed by atoms with van der Waals surface area (Å²) in [4.78, 5) is 144. The molecule has 0 bridgehead atoms. The predicted molar refractivity (Wildman–Crippen MR) is 311 cm³/mol. The zero-order valence-corrected chi connectivity index (χ0v) is 49.0. The van der Waals surface area contributed by atoms with E-state index in [2.05, 4.69) is 31.3 Å². The van der Waals surface area contributed by atoms with Gasteiger partial charge in [0, 0.05) is 62.4 Å². The van der Waals surface area contributed by atoms with E-state index in [1.54, 1.807) is 13.2 Å². The van der Waals surface area contributed by atoms with Gasteiger partial charge in [-0.25, -0.2) is 0 Å². The van der Waals surface area contributed by atoms with Gasteiger partial charge in [-0.3, -0.25) is 57.9 Å². The fraction of sp³-hybridized carbons (Fsp3) is 0.673. The summed E-state index contributed by atoms with van der Waals surface area (Å²) in [6.45, 7) is 6.46. The number of nitrogens with two attached hydrogens (primary N) is 6. The highest BCUT2D eigenvalue weighted by atomic mass is 32.2. The van der Waals surface area contributed by atoms with Crippen molar-refractivity contribution in [3.8, 4) is 5.75 Å². The molecule has 1 aromatic rings. The molecule has 82 heavy (non-hydrogen) atoms. The van der Waals surface area contributed by atoms with Crippen LogP contribution in [0, 0.1) is 35.5 Å². The molecule has 0 aromatic heterocycles. The van der Waals surface area contributed by atoms with Crippen molar-refractivity contribution in [2.45, 2.75) is 161 Å². The second-order valence-electron chi connectivity index (χ2n) is 21.1. The van der Waals surface area contributed by atoms with Crippen molar-refractivity contribution in [1.29, 1.82) is 0 Å². The Kier molecular flexibility index (Phi) is 35.5. The summed E-state index contributed by atoms with van der Waals surface area (Å²) in [5, 5.41) is 51.4. The van der Waals surface area contributed by atoms with Crippen LogP contribution in [0.1, 0.15) is 130 Å². The van der Waals surface area contributed by atoms with Crippen molar-refractivity contribution in [3.05, 3.63) is 29.8 Å². The highest BCUT2D eigenvalue weighted by Gasteiger charge is 2.37. The fourth-order valence-corrected chi connectivity index (χ4v) is 9.67. The molecule has 0 aliphatic carbocycles. The average Bonchev–Trinajstić information content (AvgIpc) is 3.47. The summed E-state index contributed by atoms with van der Waals surface area (Å²) in [7, 11) is 0. The van der Waals surface area contributed by atoms with Gasteiger partial charge in [-0.05, 0) is 120 Å². The maximum atomic E-state index is 14.5. The molecule has 20 N–H and O–H groups in total. The third kappa shape index (κ3) is 29.3. The van der Waals surface area contributed by atoms with Crippen molar-refractivity contribution in [3.63, 3.8) is 0 Å². The summed E-state index contributed by atoms with van der Waals surface area (Å²) in [5.74, 6) is -13.6. The number of hydrogen-bond donors (Lipinski definition) is 14. The van der Waals surface area contributed by atoms with Gasteiger partial charge in [0.1, 0.15) is 17.8 Å². The molecule has 0 radical (unpaired) electrons. The van der Waals surface area contributed by atoms with E-state index in [0.29, 0.717) is 43.4 Å². The molecule has 27 heteroatoms. The fourth-order valence-electron chi connectivity index (χ4n) is 9.15. The first-order valence-corrected chi connectivity index (χ1v) is 29.3. The van der Waals surface area contributed by atoms with Gasteiger partial charge in [0.05, 0.1) is 37.1 Å². The van der Waals surface area contributed by atoms with E-state index in [0.717, 1.165) is 0 Å². The first-order valence-electron chi connectivity index (χ1n) is 27.9. The molecule has 0 aliphatic heterocycles. The number of aliphatic hydroxyl groups excluding tert-OH is 2. The van der Waals surface area contributed by atoms with E-state index in [4.69, 9.17) is 34.4 Å². The molecule has 0 spiro atoms. The van der Waals surface area contributed by atoms with Crippen LogP contribution < -0.4 is 55.7 Å². The predicted octanol–water partition coefficient (Wildman–Crippen LogP) is -0.430. The second-order valence-corrected chi connectivity index (χ2v) is 22.1. The normalized spacial score (nSPS) is 14.9. The number of nitrogens with one attached hydrogen (secondary N) is 4. The number of benzene rings is 1. The Morgan fingerprint density at radius 2 is 1.06 bits per heavy atom. The van der Waals surface area contributed by atoms with Gasteiger partial charge in [0.15, 0.2) is 35.1 Å². The topological polar surface area (TPSA) is 481 Å². The minimum absolute atomic E-state index is 0.00297. The van der Waals surface area contributed by atoms with Crippen LogP contribution in [0.5, 0.6) is 5.75 Å². The van der Waals surface area contributed by atoms with E-state index in [1.165, 1.54) is 43.0 Å². The number of thioether (sulfide) groups is 1. The summed E-state index contributed by atoms with van der Waals surface area (Å²) in [6.07, 6.45) is -0.561. The van der Waals surface area contributed by atoms with Crippen molar-refractivity contribution >= 4 is 82.3 Å². The number of Topliss-reactive ketones (excluding diaryl/α,β-unsaturated/α-hetero) is 4. The molecule has 0 heterocycles. The lowest BCUT2D eigenvalue weighted by Gasteiger charge is -2.27. The number of aliphatic hydroxyl groups is 2. The molecule has 5 amide bonds. The Morgan fingerprint density at radius 1 is 0.585 bits per heavy atom. The third-order valence-corrected chi connectivity index (χ3v) is 14.4. The molecule has 0 aliphatic rings. The van der Waals surface area contributed by atoms with Crippen LogP contribution in [0.2, 0.25) is 0 Å². The van der Waals surface area contributed by atoms with Crippen molar-refractivity contribution in [2.24, 2.45) is 79.9 Å². The number of nitrogens with zero attached hydrogens (tertiary/aromatic N) is 2. The third-order valence-electron chi connectivity index (χ3n) is 13.8. The molecule has 0 saturated heterocycles. The number of aliphatic carboxylic acids is 1. The lowest BCUT2D eigenvalue weighted by molar-refractivity contribution is -0.143. The zero-order valence-electron chi connectivity index (χ0n) is 48.1. The number of guanidine groups is 2. The zero-order chi connectivity index (χ0) is 62.1. The summed E-state index contributed by atoms with van der Waals surface area (Å²) >= 11 is 1.35.